The topological polar surface area (TPSA) is 66.8 Å². The van der Waals surface area contributed by atoms with E-state index in [1.54, 1.807) is 11.0 Å². The first-order chi connectivity index (χ1) is 10.6. The van der Waals surface area contributed by atoms with Gasteiger partial charge in [0.15, 0.2) is 0 Å². The fourth-order valence-electron chi connectivity index (χ4n) is 3.96. The minimum Gasteiger partial charge on any atom is -0.481 e. The van der Waals surface area contributed by atoms with Crippen LogP contribution in [-0.2, 0) is 20.7 Å². The molecule has 1 N–H and O–H groups in total. The second-order valence-electron chi connectivity index (χ2n) is 6.23. The first-order valence-electron chi connectivity index (χ1n) is 7.53. The largest absolute Gasteiger partial charge is 0.481 e. The van der Waals surface area contributed by atoms with Gasteiger partial charge in [0, 0.05) is 6.54 Å². The number of likely N-dealkylation sites (tertiary alicyclic amines) is 1. The van der Waals surface area contributed by atoms with Gasteiger partial charge in [-0.3, -0.25) is 9.59 Å². The van der Waals surface area contributed by atoms with Crippen molar-refractivity contribution in [3.63, 3.8) is 0 Å². The molecule has 5 nitrogen and oxygen atoms in total. The Balaban J connectivity index is 1.53. The molecule has 114 valence electrons. The number of carboxylic acids is 1. The maximum atomic E-state index is 12.7. The number of hydrogen-bond donors (Lipinski definition) is 1. The van der Waals surface area contributed by atoms with Crippen molar-refractivity contribution in [2.75, 3.05) is 13.1 Å². The second kappa shape index (κ2) is 4.68. The summed E-state index contributed by atoms with van der Waals surface area (Å²) in [6, 6.07) is 9.97. The van der Waals surface area contributed by atoms with E-state index in [-0.39, 0.29) is 5.91 Å². The summed E-state index contributed by atoms with van der Waals surface area (Å²) in [6.45, 7) is 1.05. The van der Waals surface area contributed by atoms with Crippen LogP contribution in [0.15, 0.2) is 42.5 Å². The molecule has 0 aliphatic carbocycles. The molecule has 1 aromatic carbocycles. The minimum absolute atomic E-state index is 0.0878. The van der Waals surface area contributed by atoms with Crippen LogP contribution in [0.1, 0.15) is 5.56 Å². The van der Waals surface area contributed by atoms with Crippen molar-refractivity contribution in [1.29, 1.82) is 0 Å². The second-order valence-corrected chi connectivity index (χ2v) is 6.23. The zero-order valence-corrected chi connectivity index (χ0v) is 12.0. The number of amides is 1. The summed E-state index contributed by atoms with van der Waals surface area (Å²) in [6.07, 6.45) is 3.99. The van der Waals surface area contributed by atoms with E-state index in [4.69, 9.17) is 4.74 Å². The van der Waals surface area contributed by atoms with Crippen LogP contribution in [0.25, 0.3) is 0 Å². The average Bonchev–Trinajstić information content (AvgIpc) is 3.14. The molecule has 4 atom stereocenters. The zero-order chi connectivity index (χ0) is 15.3. The lowest BCUT2D eigenvalue weighted by atomic mass is 9.77. The third kappa shape index (κ3) is 1.82. The van der Waals surface area contributed by atoms with Gasteiger partial charge in [0.2, 0.25) is 5.91 Å². The van der Waals surface area contributed by atoms with Gasteiger partial charge in [-0.05, 0) is 12.0 Å². The van der Waals surface area contributed by atoms with Crippen molar-refractivity contribution >= 4 is 11.9 Å². The Morgan fingerprint density at radius 2 is 2.14 bits per heavy atom. The maximum absolute atomic E-state index is 12.7. The number of nitrogens with zero attached hydrogens (tertiary/aromatic N) is 1. The first kappa shape index (κ1) is 13.5. The van der Waals surface area contributed by atoms with Crippen LogP contribution in [-0.4, -0.2) is 46.7 Å². The summed E-state index contributed by atoms with van der Waals surface area (Å²) in [4.78, 5) is 25.9. The fraction of sp³-hybridized carbons (Fsp3) is 0.412. The smallest absolute Gasteiger partial charge is 0.310 e. The Bertz CT molecular complexity index is 656. The van der Waals surface area contributed by atoms with Gasteiger partial charge in [-0.1, -0.05) is 42.5 Å². The van der Waals surface area contributed by atoms with Gasteiger partial charge >= 0.3 is 5.97 Å². The number of fused-ring (bicyclic) bond motifs is 1. The summed E-state index contributed by atoms with van der Waals surface area (Å²) in [5.41, 5.74) is 0.446. The highest BCUT2D eigenvalue weighted by molar-refractivity contribution is 5.90. The highest BCUT2D eigenvalue weighted by Gasteiger charge is 2.66. The van der Waals surface area contributed by atoms with Gasteiger partial charge in [-0.15, -0.1) is 0 Å². The number of ether oxygens (including phenoxy) is 1. The number of carboxylic acid groups (broad SMARTS) is 1. The molecule has 1 amide bonds. The average molecular weight is 299 g/mol. The lowest BCUT2D eigenvalue weighted by molar-refractivity contribution is -0.148. The SMILES string of the molecule is O=C(O)[C@H]1[C@@H]2C=C[C@@]3(CN(CCc4ccccc4)C(=O)[C@H]13)O2. The Labute approximate surface area is 128 Å². The molecule has 0 radical (unpaired) electrons. The van der Waals surface area contributed by atoms with E-state index >= 15 is 0 Å². The van der Waals surface area contributed by atoms with Crippen LogP contribution in [0.4, 0.5) is 0 Å². The Hall–Kier alpha value is -2.14. The molecule has 2 fully saturated rings. The van der Waals surface area contributed by atoms with Crippen molar-refractivity contribution in [2.24, 2.45) is 11.8 Å². The number of carbonyl (C=O) groups is 2. The van der Waals surface area contributed by atoms with Gasteiger partial charge in [0.05, 0.1) is 18.6 Å². The Kier molecular flexibility index (Phi) is 2.87. The molecule has 1 spiro atoms. The van der Waals surface area contributed by atoms with Crippen LogP contribution in [0, 0.1) is 11.8 Å². The van der Waals surface area contributed by atoms with Crippen LogP contribution in [0.5, 0.6) is 0 Å². The van der Waals surface area contributed by atoms with Crippen molar-refractivity contribution in [3.05, 3.63) is 48.0 Å². The van der Waals surface area contributed by atoms with Crippen molar-refractivity contribution in [2.45, 2.75) is 18.1 Å². The molecule has 3 aliphatic rings. The van der Waals surface area contributed by atoms with Crippen LogP contribution in [0.3, 0.4) is 0 Å². The number of rotatable bonds is 4. The van der Waals surface area contributed by atoms with Crippen molar-refractivity contribution in [1.82, 2.24) is 4.90 Å². The molecule has 4 rings (SSSR count). The normalized spacial score (nSPS) is 35.2. The highest BCUT2D eigenvalue weighted by atomic mass is 16.5. The van der Waals surface area contributed by atoms with Crippen molar-refractivity contribution < 1.29 is 19.4 Å². The van der Waals surface area contributed by atoms with Gasteiger partial charge in [-0.2, -0.15) is 0 Å². The molecule has 0 saturated carbocycles. The summed E-state index contributed by atoms with van der Waals surface area (Å²) >= 11 is 0. The van der Waals surface area contributed by atoms with Crippen molar-refractivity contribution in [3.8, 4) is 0 Å². The van der Waals surface area contributed by atoms with E-state index < -0.39 is 29.5 Å². The predicted octanol–water partition coefficient (Wildman–Crippen LogP) is 1.10. The monoisotopic (exact) mass is 299 g/mol. The number of carbonyl (C=O) groups excluding carboxylic acids is 1. The molecular formula is C17H17NO4. The molecule has 3 aliphatic heterocycles. The number of hydrogen-bond acceptors (Lipinski definition) is 3. The van der Waals surface area contributed by atoms with E-state index in [1.807, 2.05) is 36.4 Å². The predicted molar refractivity (Wildman–Crippen MR) is 78.1 cm³/mol. The zero-order valence-electron chi connectivity index (χ0n) is 12.0. The third-order valence-corrected chi connectivity index (χ3v) is 4.98. The maximum Gasteiger partial charge on any atom is 0.310 e. The van der Waals surface area contributed by atoms with Crippen LogP contribution < -0.4 is 0 Å². The standard InChI is InChI=1S/C17H17NO4/c19-15-14-13(16(20)21)12-6-8-17(14,22-12)10-18(15)9-7-11-4-2-1-3-5-11/h1-6,8,12-14H,7,9-10H2,(H,20,21)/t12-,13-,14-,17-/m0/s1. The minimum atomic E-state index is -0.945. The fourth-order valence-corrected chi connectivity index (χ4v) is 3.96. The van der Waals surface area contributed by atoms with E-state index in [2.05, 4.69) is 0 Å². The lowest BCUT2D eigenvalue weighted by Crippen LogP contribution is -2.39. The van der Waals surface area contributed by atoms with E-state index in [0.29, 0.717) is 13.1 Å². The van der Waals surface area contributed by atoms with Gasteiger partial charge in [0.25, 0.3) is 0 Å². The third-order valence-electron chi connectivity index (χ3n) is 4.98. The Morgan fingerprint density at radius 1 is 1.36 bits per heavy atom. The molecule has 3 heterocycles. The quantitative estimate of drug-likeness (QED) is 0.845. The lowest BCUT2D eigenvalue weighted by Gasteiger charge is -2.21. The molecule has 2 saturated heterocycles. The summed E-state index contributed by atoms with van der Waals surface area (Å²) in [7, 11) is 0. The molecular weight excluding hydrogens is 282 g/mol. The summed E-state index contributed by atoms with van der Waals surface area (Å²) in [5, 5.41) is 9.41. The molecule has 5 heteroatoms. The molecule has 22 heavy (non-hydrogen) atoms. The highest BCUT2D eigenvalue weighted by Crippen LogP contribution is 2.51. The van der Waals surface area contributed by atoms with Gasteiger partial charge in [0.1, 0.15) is 11.5 Å². The van der Waals surface area contributed by atoms with E-state index in [9.17, 15) is 14.7 Å². The van der Waals surface area contributed by atoms with Gasteiger partial charge < -0.3 is 14.7 Å². The summed E-state index contributed by atoms with van der Waals surface area (Å²) < 4.78 is 5.86. The van der Waals surface area contributed by atoms with Gasteiger partial charge in [-0.25, -0.2) is 0 Å². The number of benzene rings is 1. The first-order valence-corrected chi connectivity index (χ1v) is 7.53. The van der Waals surface area contributed by atoms with E-state index in [1.165, 1.54) is 5.56 Å². The molecule has 2 bridgehead atoms. The molecule has 0 unspecified atom stereocenters. The summed E-state index contributed by atoms with van der Waals surface area (Å²) in [5.74, 6) is -2.36. The van der Waals surface area contributed by atoms with E-state index in [0.717, 1.165) is 6.42 Å². The molecule has 1 aromatic rings. The van der Waals surface area contributed by atoms with Crippen LogP contribution in [0.2, 0.25) is 0 Å². The molecule has 0 aromatic heterocycles. The Morgan fingerprint density at radius 3 is 2.86 bits per heavy atom. The van der Waals surface area contributed by atoms with Crippen LogP contribution >= 0.6 is 0 Å². The number of aliphatic carboxylic acids is 1.